The predicted octanol–water partition coefficient (Wildman–Crippen LogP) is 0.525. The van der Waals surface area contributed by atoms with Crippen LogP contribution in [0.4, 0.5) is 0 Å². The number of amides is 1. The van der Waals surface area contributed by atoms with E-state index in [0.29, 0.717) is 5.25 Å². The molecule has 1 aliphatic heterocycles. The van der Waals surface area contributed by atoms with Gasteiger partial charge in [-0.2, -0.15) is 11.8 Å². The van der Waals surface area contributed by atoms with Crippen molar-refractivity contribution in [2.24, 2.45) is 11.8 Å². The first-order chi connectivity index (χ1) is 6.74. The Morgan fingerprint density at radius 3 is 2.86 bits per heavy atom. The highest BCUT2D eigenvalue weighted by molar-refractivity contribution is 7.99. The molecule has 1 atom stereocenters. The Kier molecular flexibility index (Phi) is 5.29. The second-order valence-corrected chi connectivity index (χ2v) is 4.89. The molecular formula is C9H18N2O2S. The molecule has 82 valence electrons. The summed E-state index contributed by atoms with van der Waals surface area (Å²) in [5.41, 5.74) is 2.18. The Morgan fingerprint density at radius 1 is 1.64 bits per heavy atom. The molecule has 3 N–H and O–H groups in total. The molecule has 0 saturated carbocycles. The van der Waals surface area contributed by atoms with Crippen LogP contribution < -0.4 is 11.3 Å². The van der Waals surface area contributed by atoms with Crippen LogP contribution in [0.1, 0.15) is 19.8 Å². The molecule has 1 unspecified atom stereocenters. The normalized spacial score (nSPS) is 20.4. The maximum atomic E-state index is 11.1. The molecule has 1 amide bonds. The Labute approximate surface area is 88.9 Å². The van der Waals surface area contributed by atoms with Crippen molar-refractivity contribution in [1.82, 2.24) is 5.43 Å². The number of hydrogen-bond donors (Lipinski definition) is 2. The standard InChI is InChI=1S/C9H18N2O2S/c1-7(9(12)11-10)6-14-8-2-4-13-5-3-8/h7-8H,2-6,10H2,1H3,(H,11,12). The van der Waals surface area contributed by atoms with E-state index in [0.717, 1.165) is 31.8 Å². The maximum absolute atomic E-state index is 11.1. The zero-order chi connectivity index (χ0) is 10.4. The number of rotatable bonds is 4. The second kappa shape index (κ2) is 6.27. The lowest BCUT2D eigenvalue weighted by atomic mass is 10.2. The lowest BCUT2D eigenvalue weighted by Crippen LogP contribution is -2.36. The van der Waals surface area contributed by atoms with Crippen molar-refractivity contribution in [3.63, 3.8) is 0 Å². The van der Waals surface area contributed by atoms with Crippen LogP contribution in [0, 0.1) is 5.92 Å². The van der Waals surface area contributed by atoms with Crippen molar-refractivity contribution in [1.29, 1.82) is 0 Å². The average molecular weight is 218 g/mol. The average Bonchev–Trinajstić information content (AvgIpc) is 2.26. The molecule has 1 heterocycles. The van der Waals surface area contributed by atoms with Gasteiger partial charge in [-0.1, -0.05) is 6.92 Å². The first kappa shape index (κ1) is 11.8. The summed E-state index contributed by atoms with van der Waals surface area (Å²) in [5, 5.41) is 0.650. The molecule has 0 aromatic carbocycles. The molecule has 1 aliphatic rings. The third kappa shape index (κ3) is 3.86. The number of nitrogens with two attached hydrogens (primary N) is 1. The molecule has 0 radical (unpaired) electrons. The molecule has 0 aromatic rings. The van der Waals surface area contributed by atoms with Crippen LogP contribution in [-0.4, -0.2) is 30.1 Å². The second-order valence-electron chi connectivity index (χ2n) is 3.55. The fourth-order valence-corrected chi connectivity index (χ4v) is 2.58. The van der Waals surface area contributed by atoms with E-state index in [2.05, 4.69) is 5.43 Å². The molecule has 0 bridgehead atoms. The predicted molar refractivity (Wildman–Crippen MR) is 57.8 cm³/mol. The highest BCUT2D eigenvalue weighted by Gasteiger charge is 2.17. The Hall–Kier alpha value is -0.260. The van der Waals surface area contributed by atoms with Crippen molar-refractivity contribution in [2.45, 2.75) is 25.0 Å². The summed E-state index contributed by atoms with van der Waals surface area (Å²) < 4.78 is 5.26. The van der Waals surface area contributed by atoms with Crippen LogP contribution in [0.3, 0.4) is 0 Å². The third-order valence-electron chi connectivity index (χ3n) is 2.34. The summed E-state index contributed by atoms with van der Waals surface area (Å²) >= 11 is 1.85. The van der Waals surface area contributed by atoms with Gasteiger partial charge >= 0.3 is 0 Å². The van der Waals surface area contributed by atoms with Crippen LogP contribution >= 0.6 is 11.8 Å². The van der Waals surface area contributed by atoms with Gasteiger partial charge in [0.1, 0.15) is 0 Å². The minimum Gasteiger partial charge on any atom is -0.381 e. The van der Waals surface area contributed by atoms with Crippen LogP contribution in [0.15, 0.2) is 0 Å². The summed E-state index contributed by atoms with van der Waals surface area (Å²) in [5.74, 6) is 5.81. The van der Waals surface area contributed by atoms with Crippen LogP contribution in [0.5, 0.6) is 0 Å². The van der Waals surface area contributed by atoms with Crippen molar-refractivity contribution in [2.75, 3.05) is 19.0 Å². The fourth-order valence-electron chi connectivity index (χ4n) is 1.34. The lowest BCUT2D eigenvalue weighted by Gasteiger charge is -2.22. The zero-order valence-electron chi connectivity index (χ0n) is 8.49. The van der Waals surface area contributed by atoms with Gasteiger partial charge < -0.3 is 4.74 Å². The van der Waals surface area contributed by atoms with E-state index in [1.165, 1.54) is 0 Å². The van der Waals surface area contributed by atoms with Gasteiger partial charge in [0.15, 0.2) is 0 Å². The van der Waals surface area contributed by atoms with Crippen LogP contribution in [0.2, 0.25) is 0 Å². The highest BCUT2D eigenvalue weighted by Crippen LogP contribution is 2.23. The fraction of sp³-hybridized carbons (Fsp3) is 0.889. The number of thioether (sulfide) groups is 1. The molecule has 0 aromatic heterocycles. The topological polar surface area (TPSA) is 64.3 Å². The van der Waals surface area contributed by atoms with Gasteiger partial charge in [-0.25, -0.2) is 5.84 Å². The minimum absolute atomic E-state index is 0.00663. The number of carbonyl (C=O) groups excluding carboxylic acids is 1. The number of ether oxygens (including phenoxy) is 1. The maximum Gasteiger partial charge on any atom is 0.237 e. The van der Waals surface area contributed by atoms with Crippen LogP contribution in [-0.2, 0) is 9.53 Å². The van der Waals surface area contributed by atoms with Crippen molar-refractivity contribution < 1.29 is 9.53 Å². The van der Waals surface area contributed by atoms with E-state index < -0.39 is 0 Å². The Balaban J connectivity index is 2.15. The van der Waals surface area contributed by atoms with Crippen molar-refractivity contribution in [3.8, 4) is 0 Å². The summed E-state index contributed by atoms with van der Waals surface area (Å²) in [6, 6.07) is 0. The first-order valence-electron chi connectivity index (χ1n) is 4.94. The summed E-state index contributed by atoms with van der Waals surface area (Å²) in [6.45, 7) is 3.61. The number of carbonyl (C=O) groups is 1. The summed E-state index contributed by atoms with van der Waals surface area (Å²) in [7, 11) is 0. The highest BCUT2D eigenvalue weighted by atomic mass is 32.2. The molecule has 4 nitrogen and oxygen atoms in total. The van der Waals surface area contributed by atoms with Gasteiger partial charge in [-0.05, 0) is 12.8 Å². The van der Waals surface area contributed by atoms with Gasteiger partial charge in [0, 0.05) is 30.1 Å². The zero-order valence-corrected chi connectivity index (χ0v) is 9.31. The molecular weight excluding hydrogens is 200 g/mol. The van der Waals surface area contributed by atoms with E-state index in [-0.39, 0.29) is 11.8 Å². The number of nitrogens with one attached hydrogen (secondary N) is 1. The van der Waals surface area contributed by atoms with E-state index in [9.17, 15) is 4.79 Å². The van der Waals surface area contributed by atoms with Gasteiger partial charge in [0.05, 0.1) is 0 Å². The first-order valence-corrected chi connectivity index (χ1v) is 5.98. The third-order valence-corrected chi connectivity index (χ3v) is 3.98. The van der Waals surface area contributed by atoms with Crippen molar-refractivity contribution >= 4 is 17.7 Å². The molecule has 1 rings (SSSR count). The minimum atomic E-state index is -0.0791. The quantitative estimate of drug-likeness (QED) is 0.410. The van der Waals surface area contributed by atoms with E-state index >= 15 is 0 Å². The van der Waals surface area contributed by atoms with Gasteiger partial charge in [-0.3, -0.25) is 10.2 Å². The summed E-state index contributed by atoms with van der Waals surface area (Å²) in [4.78, 5) is 11.1. The molecule has 0 spiro atoms. The van der Waals surface area contributed by atoms with E-state index in [4.69, 9.17) is 10.6 Å². The van der Waals surface area contributed by atoms with Gasteiger partial charge in [0.25, 0.3) is 0 Å². The number of hydrogen-bond acceptors (Lipinski definition) is 4. The molecule has 0 aliphatic carbocycles. The largest absolute Gasteiger partial charge is 0.381 e. The smallest absolute Gasteiger partial charge is 0.237 e. The van der Waals surface area contributed by atoms with Crippen LogP contribution in [0.25, 0.3) is 0 Å². The monoisotopic (exact) mass is 218 g/mol. The SMILES string of the molecule is CC(CSC1CCOCC1)C(=O)NN. The Morgan fingerprint density at radius 2 is 2.29 bits per heavy atom. The van der Waals surface area contributed by atoms with Gasteiger partial charge in [-0.15, -0.1) is 0 Å². The van der Waals surface area contributed by atoms with Crippen molar-refractivity contribution in [3.05, 3.63) is 0 Å². The van der Waals surface area contributed by atoms with E-state index in [1.807, 2.05) is 18.7 Å². The molecule has 14 heavy (non-hydrogen) atoms. The van der Waals surface area contributed by atoms with Gasteiger partial charge in [0.2, 0.25) is 5.91 Å². The number of hydrazine groups is 1. The summed E-state index contributed by atoms with van der Waals surface area (Å²) in [6.07, 6.45) is 2.20. The lowest BCUT2D eigenvalue weighted by molar-refractivity contribution is -0.123. The molecule has 1 saturated heterocycles. The molecule has 1 fully saturated rings. The van der Waals surface area contributed by atoms with E-state index in [1.54, 1.807) is 0 Å². The molecule has 5 heteroatoms. The Bertz CT molecular complexity index is 184.